The van der Waals surface area contributed by atoms with E-state index in [4.69, 9.17) is 0 Å². The first-order chi connectivity index (χ1) is 8.92. The number of hydrogen-bond acceptors (Lipinski definition) is 2. The Morgan fingerprint density at radius 2 is 2.22 bits per heavy atom. The molecule has 18 heavy (non-hydrogen) atoms. The zero-order chi connectivity index (χ0) is 11.9. The summed E-state index contributed by atoms with van der Waals surface area (Å²) < 4.78 is 2.26. The van der Waals surface area contributed by atoms with Crippen LogP contribution in [0, 0.1) is 0 Å². The number of anilines is 1. The molecule has 0 saturated heterocycles. The summed E-state index contributed by atoms with van der Waals surface area (Å²) in [6.45, 7) is 1.10. The standard InChI is InChI=1S/C15H17N3/c1-2-12-8-13(5-6-14(12)17-7-1)18-10-16-9-15(18)11-3-4-11/h5-6,8-11,17H,1-4,7H2. The number of aromatic nitrogens is 2. The van der Waals surface area contributed by atoms with Crippen molar-refractivity contribution in [2.45, 2.75) is 31.6 Å². The minimum atomic E-state index is 0.738. The second-order valence-corrected chi connectivity index (χ2v) is 5.33. The van der Waals surface area contributed by atoms with Crippen molar-refractivity contribution in [1.29, 1.82) is 0 Å². The van der Waals surface area contributed by atoms with Crippen LogP contribution in [0.15, 0.2) is 30.7 Å². The van der Waals surface area contributed by atoms with Crippen LogP contribution in [-0.2, 0) is 6.42 Å². The average Bonchev–Trinajstić information content (AvgIpc) is 3.16. The van der Waals surface area contributed by atoms with Gasteiger partial charge in [0.25, 0.3) is 0 Å². The van der Waals surface area contributed by atoms with Gasteiger partial charge >= 0.3 is 0 Å². The molecule has 0 unspecified atom stereocenters. The largest absolute Gasteiger partial charge is 0.385 e. The molecule has 2 aliphatic rings. The van der Waals surface area contributed by atoms with Crippen molar-refractivity contribution < 1.29 is 0 Å². The van der Waals surface area contributed by atoms with E-state index in [1.165, 1.54) is 48.3 Å². The maximum absolute atomic E-state index is 4.32. The van der Waals surface area contributed by atoms with E-state index in [-0.39, 0.29) is 0 Å². The Hall–Kier alpha value is -1.77. The first kappa shape index (κ1) is 10.2. The second-order valence-electron chi connectivity index (χ2n) is 5.33. The van der Waals surface area contributed by atoms with Crippen molar-refractivity contribution in [1.82, 2.24) is 9.55 Å². The summed E-state index contributed by atoms with van der Waals surface area (Å²) in [5, 5.41) is 3.46. The number of fused-ring (bicyclic) bond motifs is 1. The van der Waals surface area contributed by atoms with Crippen LogP contribution >= 0.6 is 0 Å². The molecule has 0 atom stereocenters. The van der Waals surface area contributed by atoms with E-state index in [0.717, 1.165) is 12.5 Å². The van der Waals surface area contributed by atoms with Gasteiger partial charge in [-0.1, -0.05) is 0 Å². The number of hydrogen-bond donors (Lipinski definition) is 1. The lowest BCUT2D eigenvalue weighted by atomic mass is 10.0. The molecule has 0 bridgehead atoms. The third kappa shape index (κ3) is 1.62. The predicted octanol–water partition coefficient (Wildman–Crippen LogP) is 3.11. The summed E-state index contributed by atoms with van der Waals surface area (Å²) in [6, 6.07) is 6.72. The Balaban J connectivity index is 1.77. The number of rotatable bonds is 2. The second kappa shape index (κ2) is 3.87. The Bertz CT molecular complexity index is 581. The molecule has 0 amide bonds. The highest BCUT2D eigenvalue weighted by atomic mass is 15.1. The van der Waals surface area contributed by atoms with Crippen LogP contribution in [0.4, 0.5) is 5.69 Å². The lowest BCUT2D eigenvalue weighted by Gasteiger charge is -2.19. The van der Waals surface area contributed by atoms with Crippen LogP contribution in [-0.4, -0.2) is 16.1 Å². The van der Waals surface area contributed by atoms with E-state index in [1.807, 2.05) is 12.5 Å². The van der Waals surface area contributed by atoms with Gasteiger partial charge < -0.3 is 9.88 Å². The van der Waals surface area contributed by atoms with Gasteiger partial charge in [0.2, 0.25) is 0 Å². The summed E-state index contributed by atoms with van der Waals surface area (Å²) in [7, 11) is 0. The van der Waals surface area contributed by atoms with Crippen molar-refractivity contribution in [2.75, 3.05) is 11.9 Å². The topological polar surface area (TPSA) is 29.9 Å². The monoisotopic (exact) mass is 239 g/mol. The van der Waals surface area contributed by atoms with Gasteiger partial charge in [0.15, 0.2) is 0 Å². The molecule has 1 aliphatic carbocycles. The molecule has 0 radical (unpaired) electrons. The summed E-state index contributed by atoms with van der Waals surface area (Å²) >= 11 is 0. The summed E-state index contributed by atoms with van der Waals surface area (Å²) in [5.41, 5.74) is 5.38. The molecular weight excluding hydrogens is 222 g/mol. The smallest absolute Gasteiger partial charge is 0.0994 e. The molecule has 4 rings (SSSR count). The predicted molar refractivity (Wildman–Crippen MR) is 72.3 cm³/mol. The van der Waals surface area contributed by atoms with Crippen molar-refractivity contribution in [3.05, 3.63) is 42.0 Å². The minimum absolute atomic E-state index is 0.738. The number of benzene rings is 1. The van der Waals surface area contributed by atoms with E-state index in [1.54, 1.807) is 0 Å². The van der Waals surface area contributed by atoms with Gasteiger partial charge in [-0.05, 0) is 49.4 Å². The number of nitrogens with zero attached hydrogens (tertiary/aromatic N) is 2. The first-order valence-corrected chi connectivity index (χ1v) is 6.81. The fourth-order valence-electron chi connectivity index (χ4n) is 2.81. The molecule has 3 nitrogen and oxygen atoms in total. The Labute approximate surface area is 107 Å². The average molecular weight is 239 g/mol. The van der Waals surface area contributed by atoms with Gasteiger partial charge in [0, 0.05) is 35.7 Å². The molecule has 2 aromatic rings. The molecule has 92 valence electrons. The van der Waals surface area contributed by atoms with Crippen LogP contribution in [0.25, 0.3) is 5.69 Å². The molecule has 1 aromatic carbocycles. The van der Waals surface area contributed by atoms with Gasteiger partial charge in [-0.25, -0.2) is 4.98 Å². The van der Waals surface area contributed by atoms with Crippen molar-refractivity contribution in [3.63, 3.8) is 0 Å². The number of nitrogens with one attached hydrogen (secondary N) is 1. The van der Waals surface area contributed by atoms with Crippen molar-refractivity contribution >= 4 is 5.69 Å². The minimum Gasteiger partial charge on any atom is -0.385 e. The van der Waals surface area contributed by atoms with E-state index < -0.39 is 0 Å². The molecular formula is C15H17N3. The first-order valence-electron chi connectivity index (χ1n) is 6.81. The van der Waals surface area contributed by atoms with Crippen LogP contribution in [0.3, 0.4) is 0 Å². The summed E-state index contributed by atoms with van der Waals surface area (Å²) in [6.07, 6.45) is 9.02. The van der Waals surface area contributed by atoms with Gasteiger partial charge in [-0.2, -0.15) is 0 Å². The van der Waals surface area contributed by atoms with Crippen LogP contribution < -0.4 is 5.32 Å². The van der Waals surface area contributed by atoms with Crippen molar-refractivity contribution in [2.24, 2.45) is 0 Å². The van der Waals surface area contributed by atoms with Gasteiger partial charge in [-0.15, -0.1) is 0 Å². The lowest BCUT2D eigenvalue weighted by Crippen LogP contribution is -2.12. The molecule has 3 heteroatoms. The van der Waals surface area contributed by atoms with Crippen LogP contribution in [0.1, 0.15) is 36.4 Å². The SMILES string of the molecule is c1cc2c(cc1-n1cncc1C1CC1)CCCN2. The maximum Gasteiger partial charge on any atom is 0.0994 e. The molecule has 1 fully saturated rings. The Morgan fingerprint density at radius 1 is 1.28 bits per heavy atom. The van der Waals surface area contributed by atoms with Gasteiger partial charge in [0.1, 0.15) is 0 Å². The number of aryl methyl sites for hydroxylation is 1. The zero-order valence-electron chi connectivity index (χ0n) is 10.4. The van der Waals surface area contributed by atoms with Gasteiger partial charge in [0.05, 0.1) is 6.33 Å². The number of imidazole rings is 1. The highest BCUT2D eigenvalue weighted by Crippen LogP contribution is 2.40. The normalized spacial score (nSPS) is 18.2. The van der Waals surface area contributed by atoms with E-state index in [9.17, 15) is 0 Å². The van der Waals surface area contributed by atoms with Crippen molar-refractivity contribution in [3.8, 4) is 5.69 Å². The van der Waals surface area contributed by atoms with E-state index in [0.29, 0.717) is 0 Å². The fourth-order valence-corrected chi connectivity index (χ4v) is 2.81. The maximum atomic E-state index is 4.32. The molecule has 2 heterocycles. The highest BCUT2D eigenvalue weighted by Gasteiger charge is 2.27. The molecule has 1 saturated carbocycles. The zero-order valence-corrected chi connectivity index (χ0v) is 10.4. The Kier molecular flexibility index (Phi) is 2.19. The highest BCUT2D eigenvalue weighted by molar-refractivity contribution is 5.57. The summed E-state index contributed by atoms with van der Waals surface area (Å²) in [5.74, 6) is 0.738. The molecule has 1 aromatic heterocycles. The van der Waals surface area contributed by atoms with Crippen LogP contribution in [0.2, 0.25) is 0 Å². The Morgan fingerprint density at radius 3 is 3.11 bits per heavy atom. The van der Waals surface area contributed by atoms with Gasteiger partial charge in [-0.3, -0.25) is 0 Å². The third-order valence-electron chi connectivity index (χ3n) is 3.97. The quantitative estimate of drug-likeness (QED) is 0.872. The van der Waals surface area contributed by atoms with E-state index in [2.05, 4.69) is 33.1 Å². The van der Waals surface area contributed by atoms with E-state index >= 15 is 0 Å². The third-order valence-corrected chi connectivity index (χ3v) is 3.97. The molecule has 1 aliphatic heterocycles. The fraction of sp³-hybridized carbons (Fsp3) is 0.400. The molecule has 0 spiro atoms. The molecule has 1 N–H and O–H groups in total. The summed E-state index contributed by atoms with van der Waals surface area (Å²) in [4.78, 5) is 4.32. The lowest BCUT2D eigenvalue weighted by molar-refractivity contribution is 0.826. The van der Waals surface area contributed by atoms with Crippen LogP contribution in [0.5, 0.6) is 0 Å².